The molecule has 0 amide bonds. The van der Waals surface area contributed by atoms with Crippen molar-refractivity contribution in [3.05, 3.63) is 172 Å². The molecule has 3 aromatic carbocycles. The van der Waals surface area contributed by atoms with Gasteiger partial charge < -0.3 is 0 Å². The van der Waals surface area contributed by atoms with Gasteiger partial charge in [-0.3, -0.25) is 4.99 Å². The summed E-state index contributed by atoms with van der Waals surface area (Å²) < 4.78 is 0. The zero-order chi connectivity index (χ0) is 32.6. The fourth-order valence-corrected chi connectivity index (χ4v) is 6.57. The maximum Gasteiger partial charge on any atom is 0.0378 e. The summed E-state index contributed by atoms with van der Waals surface area (Å²) in [5, 5.41) is 0. The van der Waals surface area contributed by atoms with Crippen LogP contribution in [0.3, 0.4) is 0 Å². The molecule has 4 rings (SSSR count). The first-order valence-electron chi connectivity index (χ1n) is 16.1. The SMILES string of the molecule is C/C=C\C=C/C=C/C(=C/C=C/c1ccc2c(c1)C(C)(C)c1ccc(C(C)(C)c3ccccc3C)c(C)c1-2)/C=C(C)/N=C/C=C\C. The predicted octanol–water partition coefficient (Wildman–Crippen LogP) is 12.1. The van der Waals surface area contributed by atoms with E-state index in [0.29, 0.717) is 0 Å². The van der Waals surface area contributed by atoms with Crippen molar-refractivity contribution in [2.24, 2.45) is 4.99 Å². The van der Waals surface area contributed by atoms with E-state index in [-0.39, 0.29) is 10.8 Å². The fraction of sp³-hybridized carbons (Fsp3) is 0.250. The van der Waals surface area contributed by atoms with Gasteiger partial charge in [0.05, 0.1) is 0 Å². The quantitative estimate of drug-likeness (QED) is 0.164. The van der Waals surface area contributed by atoms with Gasteiger partial charge in [0.2, 0.25) is 0 Å². The highest BCUT2D eigenvalue weighted by molar-refractivity contribution is 5.85. The number of fused-ring (bicyclic) bond motifs is 3. The highest BCUT2D eigenvalue weighted by Crippen LogP contribution is 2.52. The van der Waals surface area contributed by atoms with Gasteiger partial charge in [-0.1, -0.05) is 143 Å². The van der Waals surface area contributed by atoms with Gasteiger partial charge in [-0.05, 0) is 102 Å². The minimum atomic E-state index is -0.0914. The lowest BCUT2D eigenvalue weighted by Gasteiger charge is -2.31. The number of allylic oxidation sites excluding steroid dienone is 13. The average molecular weight is 592 g/mol. The lowest BCUT2D eigenvalue weighted by Crippen LogP contribution is -2.22. The number of benzene rings is 3. The molecule has 0 aliphatic heterocycles. The molecule has 1 aliphatic carbocycles. The van der Waals surface area contributed by atoms with E-state index in [4.69, 9.17) is 0 Å². The van der Waals surface area contributed by atoms with Crippen LogP contribution in [0, 0.1) is 13.8 Å². The molecule has 0 unspecified atom stereocenters. The van der Waals surface area contributed by atoms with Gasteiger partial charge in [-0.2, -0.15) is 0 Å². The van der Waals surface area contributed by atoms with E-state index in [0.717, 1.165) is 11.3 Å². The highest BCUT2D eigenvalue weighted by Gasteiger charge is 2.38. The molecule has 0 radical (unpaired) electrons. The Kier molecular flexibility index (Phi) is 10.8. The van der Waals surface area contributed by atoms with E-state index >= 15 is 0 Å². The Morgan fingerprint density at radius 1 is 0.778 bits per heavy atom. The minimum absolute atomic E-state index is 0.0710. The number of aliphatic imine (C=N–C) groups is 1. The third-order valence-corrected chi connectivity index (χ3v) is 8.94. The second kappa shape index (κ2) is 14.5. The average Bonchev–Trinajstić information content (AvgIpc) is 3.23. The molecule has 0 aromatic heterocycles. The van der Waals surface area contributed by atoms with Crippen molar-refractivity contribution in [3.63, 3.8) is 0 Å². The van der Waals surface area contributed by atoms with E-state index in [2.05, 4.69) is 138 Å². The van der Waals surface area contributed by atoms with Gasteiger partial charge in [0.15, 0.2) is 0 Å². The Hall–Kier alpha value is -4.49. The lowest BCUT2D eigenvalue weighted by atomic mass is 9.72. The maximum atomic E-state index is 4.52. The summed E-state index contributed by atoms with van der Waals surface area (Å²) in [5.41, 5.74) is 14.1. The van der Waals surface area contributed by atoms with Crippen molar-refractivity contribution in [2.75, 3.05) is 0 Å². The smallest absolute Gasteiger partial charge is 0.0378 e. The third kappa shape index (κ3) is 7.43. The zero-order valence-electron chi connectivity index (χ0n) is 28.6. The molecule has 0 fully saturated rings. The Bertz CT molecular complexity index is 1770. The largest absolute Gasteiger partial charge is 0.262 e. The zero-order valence-corrected chi connectivity index (χ0v) is 28.6. The molecule has 0 saturated carbocycles. The summed E-state index contributed by atoms with van der Waals surface area (Å²) in [4.78, 5) is 4.52. The molecule has 1 heteroatoms. The van der Waals surface area contributed by atoms with E-state index < -0.39 is 0 Å². The van der Waals surface area contributed by atoms with E-state index in [9.17, 15) is 0 Å². The molecule has 0 saturated heterocycles. The molecular weight excluding hydrogens is 542 g/mol. The van der Waals surface area contributed by atoms with Gasteiger partial charge >= 0.3 is 0 Å². The first kappa shape index (κ1) is 33.4. The summed E-state index contributed by atoms with van der Waals surface area (Å²) >= 11 is 0. The molecule has 3 aromatic rings. The first-order chi connectivity index (χ1) is 21.5. The molecule has 0 spiro atoms. The monoisotopic (exact) mass is 591 g/mol. The summed E-state index contributed by atoms with van der Waals surface area (Å²) in [6.07, 6.45) is 26.6. The number of aryl methyl sites for hydroxylation is 1. The van der Waals surface area contributed by atoms with Gasteiger partial charge in [-0.25, -0.2) is 0 Å². The van der Waals surface area contributed by atoms with Gasteiger partial charge in [0.1, 0.15) is 0 Å². The van der Waals surface area contributed by atoms with Crippen LogP contribution in [-0.4, -0.2) is 6.21 Å². The van der Waals surface area contributed by atoms with E-state index in [1.54, 1.807) is 0 Å². The summed E-state index contributed by atoms with van der Waals surface area (Å²) in [6, 6.07) is 20.5. The van der Waals surface area contributed by atoms with Crippen LogP contribution in [0.1, 0.15) is 87.4 Å². The minimum Gasteiger partial charge on any atom is -0.262 e. The third-order valence-electron chi connectivity index (χ3n) is 8.94. The van der Waals surface area contributed by atoms with Crippen LogP contribution >= 0.6 is 0 Å². The highest BCUT2D eigenvalue weighted by atomic mass is 14.7. The van der Waals surface area contributed by atoms with Crippen LogP contribution in [0.15, 0.2) is 138 Å². The van der Waals surface area contributed by atoms with Gasteiger partial charge in [-0.15, -0.1) is 0 Å². The van der Waals surface area contributed by atoms with Crippen molar-refractivity contribution in [3.8, 4) is 11.1 Å². The molecule has 0 bridgehead atoms. The Labute approximate surface area is 272 Å². The standard InChI is InChI=1S/C44H49N/c1-10-12-14-15-16-21-35(30-33(4)45-29-13-11-2)22-19-23-36-25-26-37-41(31-36)44(8,9)40-28-27-39(34(5)42(37)40)43(6,7)38-24-18-17-20-32(38)3/h10-31H,1-9H3/b12-10-,13-11-,15-14-,21-16+,23-19+,33-30+,35-22-,45-29+. The molecule has 1 aliphatic rings. The van der Waals surface area contributed by atoms with Crippen molar-refractivity contribution < 1.29 is 0 Å². The lowest BCUT2D eigenvalue weighted by molar-refractivity contribution is 0.627. The fourth-order valence-electron chi connectivity index (χ4n) is 6.57. The van der Waals surface area contributed by atoms with Gasteiger partial charge in [0, 0.05) is 22.7 Å². The second-order valence-electron chi connectivity index (χ2n) is 12.9. The normalized spacial score (nSPS) is 15.6. The van der Waals surface area contributed by atoms with Crippen molar-refractivity contribution in [1.29, 1.82) is 0 Å². The van der Waals surface area contributed by atoms with Crippen molar-refractivity contribution >= 4 is 12.3 Å². The Balaban J connectivity index is 1.70. The predicted molar refractivity (Wildman–Crippen MR) is 199 cm³/mol. The summed E-state index contributed by atoms with van der Waals surface area (Å²) in [6.45, 7) is 20.0. The molecule has 1 nitrogen and oxygen atoms in total. The molecule has 45 heavy (non-hydrogen) atoms. The van der Waals surface area contributed by atoms with E-state index in [1.165, 1.54) is 50.1 Å². The number of nitrogens with zero attached hydrogens (tertiary/aromatic N) is 1. The van der Waals surface area contributed by atoms with Crippen LogP contribution in [0.4, 0.5) is 0 Å². The second-order valence-corrected chi connectivity index (χ2v) is 12.9. The topological polar surface area (TPSA) is 12.4 Å². The Morgan fingerprint density at radius 3 is 2.24 bits per heavy atom. The molecule has 0 atom stereocenters. The van der Waals surface area contributed by atoms with E-state index in [1.807, 2.05) is 63.4 Å². The molecule has 0 N–H and O–H groups in total. The maximum absolute atomic E-state index is 4.52. The first-order valence-corrected chi connectivity index (χ1v) is 16.1. The van der Waals surface area contributed by atoms with Crippen LogP contribution in [-0.2, 0) is 10.8 Å². The van der Waals surface area contributed by atoms with Crippen LogP contribution in [0.2, 0.25) is 0 Å². The Morgan fingerprint density at radius 2 is 1.51 bits per heavy atom. The van der Waals surface area contributed by atoms with Gasteiger partial charge in [0.25, 0.3) is 0 Å². The summed E-state index contributed by atoms with van der Waals surface area (Å²) in [7, 11) is 0. The van der Waals surface area contributed by atoms with Crippen LogP contribution in [0.25, 0.3) is 17.2 Å². The summed E-state index contributed by atoms with van der Waals surface area (Å²) in [5.74, 6) is 0. The van der Waals surface area contributed by atoms with Crippen molar-refractivity contribution in [1.82, 2.24) is 0 Å². The van der Waals surface area contributed by atoms with Crippen LogP contribution in [0.5, 0.6) is 0 Å². The van der Waals surface area contributed by atoms with Crippen LogP contribution < -0.4 is 0 Å². The number of hydrogen-bond donors (Lipinski definition) is 0. The molecule has 0 heterocycles. The molecule has 230 valence electrons. The number of hydrogen-bond acceptors (Lipinski definition) is 1. The molecular formula is C44H49N. The van der Waals surface area contributed by atoms with Crippen molar-refractivity contribution in [2.45, 2.75) is 73.1 Å². The number of rotatable bonds is 10.